The number of hydrogen-bond acceptors (Lipinski definition) is 6. The van der Waals surface area contributed by atoms with Gasteiger partial charge in [0.25, 0.3) is 0 Å². The zero-order chi connectivity index (χ0) is 22.4. The first-order valence-corrected chi connectivity index (χ1v) is 11.2. The summed E-state index contributed by atoms with van der Waals surface area (Å²) in [5.41, 5.74) is 2.50. The van der Waals surface area contributed by atoms with Crippen LogP contribution in [-0.4, -0.2) is 49.4 Å². The minimum absolute atomic E-state index is 0.267. The third-order valence-corrected chi connectivity index (χ3v) is 6.57. The molecule has 0 N–H and O–H groups in total. The highest BCUT2D eigenvalue weighted by molar-refractivity contribution is 5.74. The third-order valence-electron chi connectivity index (χ3n) is 6.57. The van der Waals surface area contributed by atoms with Gasteiger partial charge in [-0.05, 0) is 49.9 Å². The molecule has 0 aliphatic carbocycles. The fraction of sp³-hybridized carbons (Fsp3) is 0.391. The summed E-state index contributed by atoms with van der Waals surface area (Å²) in [7, 11) is 0. The van der Waals surface area contributed by atoms with Crippen LogP contribution in [0.1, 0.15) is 43.3 Å². The number of hydrogen-bond donors (Lipinski definition) is 0. The lowest BCUT2D eigenvalue weighted by Gasteiger charge is -2.26. The quantitative estimate of drug-likeness (QED) is 0.468. The van der Waals surface area contributed by atoms with Crippen molar-refractivity contribution in [1.29, 1.82) is 0 Å². The number of rotatable bonds is 4. The summed E-state index contributed by atoms with van der Waals surface area (Å²) in [4.78, 5) is 6.89. The Morgan fingerprint density at radius 2 is 1.94 bits per heavy atom. The molecule has 2 fully saturated rings. The number of halogens is 2. The van der Waals surface area contributed by atoms with Gasteiger partial charge in [0.15, 0.2) is 5.65 Å². The fourth-order valence-electron chi connectivity index (χ4n) is 4.86. The molecule has 2 saturated heterocycles. The maximum atomic E-state index is 14.5. The minimum atomic E-state index is -0.438. The van der Waals surface area contributed by atoms with E-state index in [2.05, 4.69) is 15.4 Å². The van der Waals surface area contributed by atoms with Crippen LogP contribution in [0.3, 0.4) is 0 Å². The second kappa shape index (κ2) is 8.18. The lowest BCUT2D eigenvalue weighted by molar-refractivity contribution is 0.0657. The van der Waals surface area contributed by atoms with Gasteiger partial charge >= 0.3 is 0 Å². The van der Waals surface area contributed by atoms with Gasteiger partial charge in [-0.25, -0.2) is 23.0 Å². The molecule has 0 unspecified atom stereocenters. The van der Waals surface area contributed by atoms with Crippen LogP contribution in [0, 0.1) is 11.6 Å². The van der Waals surface area contributed by atoms with E-state index >= 15 is 0 Å². The van der Waals surface area contributed by atoms with Gasteiger partial charge in [0.2, 0.25) is 0 Å². The fourth-order valence-corrected chi connectivity index (χ4v) is 4.86. The molecule has 4 aromatic rings. The van der Waals surface area contributed by atoms with Crippen LogP contribution in [0.5, 0.6) is 0 Å². The van der Waals surface area contributed by atoms with E-state index in [0.717, 1.165) is 50.5 Å². The standard InChI is InChI=1S/C23H23F2N7O/c24-15-3-4-19(25)17(12-15)21-2-1-8-30(21)22-5-9-31-23(27-22)18(13-26-31)20-14-32(29-28-20)16-6-10-33-11-7-16/h3-5,9,12-14,16,21H,1-2,6-8,10-11H2/t21-/m1/s1. The molecule has 6 rings (SSSR count). The molecule has 0 bridgehead atoms. The molecule has 0 saturated carbocycles. The smallest absolute Gasteiger partial charge is 0.166 e. The Morgan fingerprint density at radius 1 is 1.06 bits per heavy atom. The lowest BCUT2D eigenvalue weighted by atomic mass is 10.0. The summed E-state index contributed by atoms with van der Waals surface area (Å²) in [6.07, 6.45) is 8.93. The largest absolute Gasteiger partial charge is 0.381 e. The molecule has 3 aromatic heterocycles. The SMILES string of the molecule is Fc1ccc(F)c([C@H]2CCCN2c2ccn3ncc(-c4cn(C5CCOCC5)nn4)c3n2)c1. The summed E-state index contributed by atoms with van der Waals surface area (Å²) >= 11 is 0. The van der Waals surface area contributed by atoms with Crippen molar-refractivity contribution in [3.8, 4) is 11.3 Å². The Hall–Kier alpha value is -3.40. The Kier molecular flexibility index (Phi) is 5.01. The van der Waals surface area contributed by atoms with E-state index in [1.807, 2.05) is 28.0 Å². The maximum absolute atomic E-state index is 14.5. The number of aromatic nitrogens is 6. The molecule has 170 valence electrons. The second-order valence-corrected chi connectivity index (χ2v) is 8.56. The summed E-state index contributed by atoms with van der Waals surface area (Å²) < 4.78 is 37.4. The van der Waals surface area contributed by atoms with Crippen molar-refractivity contribution in [1.82, 2.24) is 29.6 Å². The van der Waals surface area contributed by atoms with Gasteiger partial charge in [-0.2, -0.15) is 5.10 Å². The van der Waals surface area contributed by atoms with Crippen LogP contribution in [0.4, 0.5) is 14.6 Å². The Morgan fingerprint density at radius 3 is 2.82 bits per heavy atom. The molecule has 8 nitrogen and oxygen atoms in total. The third kappa shape index (κ3) is 3.64. The van der Waals surface area contributed by atoms with E-state index < -0.39 is 11.6 Å². The van der Waals surface area contributed by atoms with Gasteiger partial charge in [0.1, 0.15) is 23.1 Å². The monoisotopic (exact) mass is 451 g/mol. The van der Waals surface area contributed by atoms with Crippen molar-refractivity contribution in [2.24, 2.45) is 0 Å². The Bertz CT molecular complexity index is 1300. The summed E-state index contributed by atoms with van der Waals surface area (Å²) in [6, 6.07) is 5.49. The molecule has 10 heteroatoms. The van der Waals surface area contributed by atoms with Crippen LogP contribution >= 0.6 is 0 Å². The Labute approximate surface area is 188 Å². The highest BCUT2D eigenvalue weighted by Gasteiger charge is 2.30. The summed E-state index contributed by atoms with van der Waals surface area (Å²) in [5.74, 6) is -0.135. The number of benzene rings is 1. The number of fused-ring (bicyclic) bond motifs is 1. The van der Waals surface area contributed by atoms with Gasteiger partial charge in [0.05, 0.1) is 30.0 Å². The maximum Gasteiger partial charge on any atom is 0.166 e. The normalized spacial score (nSPS) is 19.6. The summed E-state index contributed by atoms with van der Waals surface area (Å²) in [6.45, 7) is 2.17. The predicted molar refractivity (Wildman–Crippen MR) is 117 cm³/mol. The zero-order valence-corrected chi connectivity index (χ0v) is 17.9. The van der Waals surface area contributed by atoms with Crippen molar-refractivity contribution in [2.75, 3.05) is 24.7 Å². The van der Waals surface area contributed by atoms with E-state index in [1.54, 1.807) is 10.7 Å². The molecule has 1 aromatic carbocycles. The average Bonchev–Trinajstić information content (AvgIpc) is 3.60. The van der Waals surface area contributed by atoms with Crippen LogP contribution in [0.15, 0.2) is 42.9 Å². The van der Waals surface area contributed by atoms with E-state index in [-0.39, 0.29) is 12.1 Å². The molecular formula is C23H23F2N7O. The van der Waals surface area contributed by atoms with Crippen molar-refractivity contribution in [3.05, 3.63) is 60.1 Å². The Balaban J connectivity index is 1.34. The van der Waals surface area contributed by atoms with Gasteiger partial charge < -0.3 is 9.64 Å². The predicted octanol–water partition coefficient (Wildman–Crippen LogP) is 3.96. The average molecular weight is 451 g/mol. The van der Waals surface area contributed by atoms with E-state index in [4.69, 9.17) is 9.72 Å². The topological polar surface area (TPSA) is 73.4 Å². The molecule has 1 atom stereocenters. The van der Waals surface area contributed by atoms with Crippen molar-refractivity contribution in [2.45, 2.75) is 37.8 Å². The van der Waals surface area contributed by atoms with Crippen molar-refractivity contribution < 1.29 is 13.5 Å². The first-order valence-electron chi connectivity index (χ1n) is 11.2. The van der Waals surface area contributed by atoms with E-state index in [0.29, 0.717) is 29.3 Å². The lowest BCUT2D eigenvalue weighted by Crippen LogP contribution is -2.24. The minimum Gasteiger partial charge on any atom is -0.381 e. The first kappa shape index (κ1) is 20.2. The molecule has 0 amide bonds. The molecule has 2 aliphatic heterocycles. The number of nitrogens with zero attached hydrogens (tertiary/aromatic N) is 7. The molecular weight excluding hydrogens is 428 g/mol. The number of ether oxygens (including phenoxy) is 1. The van der Waals surface area contributed by atoms with Crippen LogP contribution in [0.2, 0.25) is 0 Å². The van der Waals surface area contributed by atoms with Crippen LogP contribution in [-0.2, 0) is 4.74 Å². The number of anilines is 1. The molecule has 2 aliphatic rings. The van der Waals surface area contributed by atoms with Crippen molar-refractivity contribution in [3.63, 3.8) is 0 Å². The van der Waals surface area contributed by atoms with Gasteiger partial charge in [-0.15, -0.1) is 5.10 Å². The van der Waals surface area contributed by atoms with E-state index in [1.165, 1.54) is 12.1 Å². The highest BCUT2D eigenvalue weighted by atomic mass is 19.1. The van der Waals surface area contributed by atoms with E-state index in [9.17, 15) is 8.78 Å². The molecule has 5 heterocycles. The molecule has 0 radical (unpaired) electrons. The van der Waals surface area contributed by atoms with Crippen LogP contribution in [0.25, 0.3) is 16.9 Å². The van der Waals surface area contributed by atoms with Gasteiger partial charge in [0, 0.05) is 31.5 Å². The summed E-state index contributed by atoms with van der Waals surface area (Å²) in [5, 5.41) is 13.1. The highest BCUT2D eigenvalue weighted by Crippen LogP contribution is 2.37. The van der Waals surface area contributed by atoms with Crippen LogP contribution < -0.4 is 4.90 Å². The molecule has 0 spiro atoms. The van der Waals surface area contributed by atoms with Gasteiger partial charge in [-0.3, -0.25) is 0 Å². The van der Waals surface area contributed by atoms with Gasteiger partial charge in [-0.1, -0.05) is 5.21 Å². The second-order valence-electron chi connectivity index (χ2n) is 8.56. The van der Waals surface area contributed by atoms with Crippen molar-refractivity contribution >= 4 is 11.5 Å². The zero-order valence-electron chi connectivity index (χ0n) is 17.9. The molecule has 33 heavy (non-hydrogen) atoms. The first-order chi connectivity index (χ1) is 16.2.